The lowest BCUT2D eigenvalue weighted by atomic mass is 10.1. The van der Waals surface area contributed by atoms with Gasteiger partial charge in [0.2, 0.25) is 0 Å². The van der Waals surface area contributed by atoms with Crippen LogP contribution in [-0.2, 0) is 4.74 Å². The van der Waals surface area contributed by atoms with Crippen molar-refractivity contribution >= 4 is 29.3 Å². The monoisotopic (exact) mass is 357 g/mol. The van der Waals surface area contributed by atoms with Gasteiger partial charge in [-0.2, -0.15) is 0 Å². The van der Waals surface area contributed by atoms with E-state index in [1.54, 1.807) is 47.5 Å². The molecule has 6 nitrogen and oxygen atoms in total. The molecule has 2 amide bonds. The summed E-state index contributed by atoms with van der Waals surface area (Å²) in [5.74, 6) is -0.293. The molecule has 2 aromatic rings. The molecule has 130 valence electrons. The summed E-state index contributed by atoms with van der Waals surface area (Å²) in [6.45, 7) is 2.28. The highest BCUT2D eigenvalue weighted by molar-refractivity contribution is 7.98. The highest BCUT2D eigenvalue weighted by Gasteiger charge is 2.19. The summed E-state index contributed by atoms with van der Waals surface area (Å²) in [5, 5.41) is 3.51. The van der Waals surface area contributed by atoms with Gasteiger partial charge in [-0.25, -0.2) is 4.98 Å². The van der Waals surface area contributed by atoms with Crippen LogP contribution in [0.25, 0.3) is 0 Å². The van der Waals surface area contributed by atoms with Crippen LogP contribution in [0.1, 0.15) is 20.7 Å². The lowest BCUT2D eigenvalue weighted by Gasteiger charge is -2.27. The first-order valence-corrected chi connectivity index (χ1v) is 9.19. The van der Waals surface area contributed by atoms with Crippen LogP contribution >= 0.6 is 11.8 Å². The molecule has 1 aliphatic heterocycles. The van der Waals surface area contributed by atoms with Gasteiger partial charge in [-0.15, -0.1) is 11.8 Å². The van der Waals surface area contributed by atoms with Crippen molar-refractivity contribution in [2.24, 2.45) is 0 Å². The van der Waals surface area contributed by atoms with Crippen molar-refractivity contribution in [3.05, 3.63) is 53.7 Å². The Morgan fingerprint density at radius 3 is 2.76 bits per heavy atom. The number of thioether (sulfide) groups is 1. The Morgan fingerprint density at radius 2 is 2.00 bits per heavy atom. The van der Waals surface area contributed by atoms with Crippen LogP contribution in [0.4, 0.5) is 5.69 Å². The summed E-state index contributed by atoms with van der Waals surface area (Å²) in [4.78, 5) is 31.0. The minimum Gasteiger partial charge on any atom is -0.378 e. The number of amides is 2. The zero-order chi connectivity index (χ0) is 17.6. The van der Waals surface area contributed by atoms with Gasteiger partial charge in [0.25, 0.3) is 11.8 Å². The van der Waals surface area contributed by atoms with E-state index in [9.17, 15) is 9.59 Å². The molecule has 1 aromatic carbocycles. The van der Waals surface area contributed by atoms with Crippen LogP contribution in [0.3, 0.4) is 0 Å². The maximum absolute atomic E-state index is 12.6. The standard InChI is InChI=1S/C18H19N3O3S/c1-25-17-15(6-3-7-19-17)16(22)20-14-5-2-4-13(12-14)18(23)21-8-10-24-11-9-21/h2-7,12H,8-11H2,1H3,(H,20,22). The number of rotatable bonds is 4. The van der Waals surface area contributed by atoms with Crippen LogP contribution in [0.15, 0.2) is 47.6 Å². The van der Waals surface area contributed by atoms with E-state index in [0.29, 0.717) is 48.1 Å². The summed E-state index contributed by atoms with van der Waals surface area (Å²) in [6, 6.07) is 10.4. The van der Waals surface area contributed by atoms with E-state index >= 15 is 0 Å². The summed E-state index contributed by atoms with van der Waals surface area (Å²) in [6.07, 6.45) is 3.53. The Kier molecular flexibility index (Phi) is 5.67. The Balaban J connectivity index is 1.75. The maximum Gasteiger partial charge on any atom is 0.258 e. The summed E-state index contributed by atoms with van der Waals surface area (Å²) >= 11 is 1.42. The maximum atomic E-state index is 12.6. The number of carbonyl (C=O) groups is 2. The SMILES string of the molecule is CSc1ncccc1C(=O)Nc1cccc(C(=O)N2CCOCC2)c1. The van der Waals surface area contributed by atoms with Gasteiger partial charge in [-0.3, -0.25) is 9.59 Å². The first-order chi connectivity index (χ1) is 12.2. The Bertz CT molecular complexity index is 776. The zero-order valence-corrected chi connectivity index (χ0v) is 14.7. The number of aromatic nitrogens is 1. The predicted octanol–water partition coefficient (Wildman–Crippen LogP) is 2.53. The molecule has 0 aliphatic carbocycles. The second-order valence-corrected chi connectivity index (χ2v) is 6.29. The van der Waals surface area contributed by atoms with E-state index in [4.69, 9.17) is 4.74 Å². The average molecular weight is 357 g/mol. The summed E-state index contributed by atoms with van der Waals surface area (Å²) in [5.41, 5.74) is 1.65. The molecule has 0 saturated carbocycles. The minimum atomic E-state index is -0.242. The number of nitrogens with one attached hydrogen (secondary N) is 1. The molecule has 0 radical (unpaired) electrons. The Labute approximate surface area is 150 Å². The van der Waals surface area contributed by atoms with Gasteiger partial charge in [-0.1, -0.05) is 6.07 Å². The largest absolute Gasteiger partial charge is 0.378 e. The van der Waals surface area contributed by atoms with Gasteiger partial charge >= 0.3 is 0 Å². The third-order valence-electron chi connectivity index (χ3n) is 3.87. The molecule has 1 N–H and O–H groups in total. The number of morpholine rings is 1. The van der Waals surface area contributed by atoms with Gasteiger partial charge < -0.3 is 15.0 Å². The molecule has 0 unspecified atom stereocenters. The number of carbonyl (C=O) groups excluding carboxylic acids is 2. The van der Waals surface area contributed by atoms with E-state index in [-0.39, 0.29) is 11.8 Å². The molecule has 0 spiro atoms. The first-order valence-electron chi connectivity index (χ1n) is 7.96. The van der Waals surface area contributed by atoms with Crippen molar-refractivity contribution in [3.8, 4) is 0 Å². The van der Waals surface area contributed by atoms with Crippen molar-refractivity contribution in [1.29, 1.82) is 0 Å². The van der Waals surface area contributed by atoms with E-state index in [1.165, 1.54) is 11.8 Å². The fourth-order valence-corrected chi connectivity index (χ4v) is 3.15. The van der Waals surface area contributed by atoms with Gasteiger partial charge in [0.05, 0.1) is 18.8 Å². The van der Waals surface area contributed by atoms with Crippen LogP contribution in [0.2, 0.25) is 0 Å². The number of nitrogens with zero attached hydrogens (tertiary/aromatic N) is 2. The molecule has 1 aromatic heterocycles. The molecule has 3 rings (SSSR count). The van der Waals surface area contributed by atoms with E-state index < -0.39 is 0 Å². The highest BCUT2D eigenvalue weighted by Crippen LogP contribution is 2.19. The average Bonchev–Trinajstić information content (AvgIpc) is 2.68. The molecule has 1 fully saturated rings. The van der Waals surface area contributed by atoms with Crippen LogP contribution in [0, 0.1) is 0 Å². The second-order valence-electron chi connectivity index (χ2n) is 5.50. The van der Waals surface area contributed by atoms with Gasteiger partial charge in [0, 0.05) is 30.5 Å². The van der Waals surface area contributed by atoms with E-state index in [2.05, 4.69) is 10.3 Å². The minimum absolute atomic E-state index is 0.0504. The number of benzene rings is 1. The predicted molar refractivity (Wildman–Crippen MR) is 97.1 cm³/mol. The fraction of sp³-hybridized carbons (Fsp3) is 0.278. The normalized spacial score (nSPS) is 14.2. The Morgan fingerprint density at radius 1 is 1.20 bits per heavy atom. The number of anilines is 1. The topological polar surface area (TPSA) is 71.5 Å². The first kappa shape index (κ1) is 17.4. The number of hydrogen-bond donors (Lipinski definition) is 1. The third-order valence-corrected chi connectivity index (χ3v) is 4.59. The van der Waals surface area contributed by atoms with Crippen molar-refractivity contribution in [1.82, 2.24) is 9.88 Å². The molecule has 7 heteroatoms. The molecule has 25 heavy (non-hydrogen) atoms. The number of hydrogen-bond acceptors (Lipinski definition) is 5. The third kappa shape index (κ3) is 4.18. The smallest absolute Gasteiger partial charge is 0.258 e. The van der Waals surface area contributed by atoms with Gasteiger partial charge in [-0.05, 0) is 36.6 Å². The fourth-order valence-electron chi connectivity index (χ4n) is 2.60. The highest BCUT2D eigenvalue weighted by atomic mass is 32.2. The number of pyridine rings is 1. The van der Waals surface area contributed by atoms with Crippen LogP contribution < -0.4 is 5.32 Å². The molecule has 2 heterocycles. The number of ether oxygens (including phenoxy) is 1. The second kappa shape index (κ2) is 8.13. The molecular weight excluding hydrogens is 338 g/mol. The van der Waals surface area contributed by atoms with Gasteiger partial charge in [0.15, 0.2) is 0 Å². The molecule has 0 atom stereocenters. The molecule has 1 saturated heterocycles. The Hall–Kier alpha value is -2.38. The van der Waals surface area contributed by atoms with Crippen molar-refractivity contribution < 1.29 is 14.3 Å². The summed E-state index contributed by atoms with van der Waals surface area (Å²) in [7, 11) is 0. The zero-order valence-electron chi connectivity index (χ0n) is 13.9. The molecule has 1 aliphatic rings. The van der Waals surface area contributed by atoms with Crippen molar-refractivity contribution in [2.45, 2.75) is 5.03 Å². The van der Waals surface area contributed by atoms with E-state index in [0.717, 1.165) is 0 Å². The molecular formula is C18H19N3O3S. The lowest BCUT2D eigenvalue weighted by Crippen LogP contribution is -2.40. The quantitative estimate of drug-likeness (QED) is 0.852. The van der Waals surface area contributed by atoms with Crippen molar-refractivity contribution in [2.75, 3.05) is 37.9 Å². The summed E-state index contributed by atoms with van der Waals surface area (Å²) < 4.78 is 5.27. The lowest BCUT2D eigenvalue weighted by molar-refractivity contribution is 0.0303. The van der Waals surface area contributed by atoms with E-state index in [1.807, 2.05) is 6.26 Å². The van der Waals surface area contributed by atoms with Gasteiger partial charge in [0.1, 0.15) is 5.03 Å². The van der Waals surface area contributed by atoms with Crippen LogP contribution in [0.5, 0.6) is 0 Å². The van der Waals surface area contributed by atoms with Crippen LogP contribution in [-0.4, -0.2) is 54.3 Å². The van der Waals surface area contributed by atoms with Crippen molar-refractivity contribution in [3.63, 3.8) is 0 Å². The molecule has 0 bridgehead atoms.